The summed E-state index contributed by atoms with van der Waals surface area (Å²) < 4.78 is 2.16. The molecule has 1 amide bonds. The van der Waals surface area contributed by atoms with Crippen LogP contribution >= 0.6 is 0 Å². The molecule has 1 N–H and O–H groups in total. The second kappa shape index (κ2) is 7.14. The highest BCUT2D eigenvalue weighted by Crippen LogP contribution is 2.17. The normalized spacial score (nSPS) is 15.8. The van der Waals surface area contributed by atoms with Gasteiger partial charge in [0.15, 0.2) is 12.4 Å². The standard InChI is InChI=1S/C15H22N2O/c18-15(16-14-8-2-3-9-14)10-4-7-13-17-11-5-1-6-12-17/h1,5-6,11-12,14H,2-4,7-10,13H2/p+1. The molecule has 3 heteroatoms. The SMILES string of the molecule is O=C(CCCC[n+]1ccccc1)NC1CCCC1. The number of unbranched alkanes of at least 4 members (excludes halogenated alkanes) is 1. The number of pyridine rings is 1. The quantitative estimate of drug-likeness (QED) is 0.607. The molecule has 1 aromatic rings. The maximum absolute atomic E-state index is 11.7. The average Bonchev–Trinajstić information content (AvgIpc) is 2.89. The van der Waals surface area contributed by atoms with E-state index in [-0.39, 0.29) is 5.91 Å². The van der Waals surface area contributed by atoms with Gasteiger partial charge in [-0.05, 0) is 19.3 Å². The number of rotatable bonds is 6. The van der Waals surface area contributed by atoms with Gasteiger partial charge in [-0.3, -0.25) is 4.79 Å². The molecule has 1 aliphatic carbocycles. The number of nitrogens with zero attached hydrogens (tertiary/aromatic N) is 1. The molecule has 1 aliphatic rings. The summed E-state index contributed by atoms with van der Waals surface area (Å²) in [6, 6.07) is 6.55. The first-order valence-electron chi connectivity index (χ1n) is 7.08. The summed E-state index contributed by atoms with van der Waals surface area (Å²) >= 11 is 0. The molecule has 0 spiro atoms. The molecular formula is C15H23N2O+. The van der Waals surface area contributed by atoms with Gasteiger partial charge in [0.05, 0.1) is 0 Å². The first-order chi connectivity index (χ1) is 8.84. The van der Waals surface area contributed by atoms with E-state index in [1.807, 2.05) is 18.2 Å². The fourth-order valence-corrected chi connectivity index (χ4v) is 2.53. The van der Waals surface area contributed by atoms with Crippen LogP contribution in [0, 0.1) is 0 Å². The average molecular weight is 247 g/mol. The lowest BCUT2D eigenvalue weighted by Gasteiger charge is -2.11. The maximum Gasteiger partial charge on any atom is 0.220 e. The van der Waals surface area contributed by atoms with Crippen LogP contribution in [0.15, 0.2) is 30.6 Å². The van der Waals surface area contributed by atoms with Gasteiger partial charge in [-0.2, -0.15) is 0 Å². The maximum atomic E-state index is 11.7. The predicted molar refractivity (Wildman–Crippen MR) is 70.9 cm³/mol. The molecule has 1 heterocycles. The van der Waals surface area contributed by atoms with E-state index in [4.69, 9.17) is 0 Å². The van der Waals surface area contributed by atoms with Gasteiger partial charge in [-0.25, -0.2) is 4.57 Å². The van der Waals surface area contributed by atoms with Crippen molar-refractivity contribution in [2.75, 3.05) is 0 Å². The Labute approximate surface area is 109 Å². The first kappa shape index (κ1) is 13.1. The summed E-state index contributed by atoms with van der Waals surface area (Å²) in [5.41, 5.74) is 0. The fraction of sp³-hybridized carbons (Fsp3) is 0.600. The van der Waals surface area contributed by atoms with E-state index in [1.165, 1.54) is 25.7 Å². The largest absolute Gasteiger partial charge is 0.353 e. The Morgan fingerprint density at radius 3 is 2.56 bits per heavy atom. The zero-order valence-electron chi connectivity index (χ0n) is 11.0. The second-order valence-electron chi connectivity index (χ2n) is 5.12. The van der Waals surface area contributed by atoms with Crippen LogP contribution < -0.4 is 9.88 Å². The van der Waals surface area contributed by atoms with Crippen LogP contribution in [0.2, 0.25) is 0 Å². The number of aryl methyl sites for hydroxylation is 1. The lowest BCUT2D eigenvalue weighted by molar-refractivity contribution is -0.697. The third-order valence-corrected chi connectivity index (χ3v) is 3.57. The van der Waals surface area contributed by atoms with Gasteiger partial charge in [0.1, 0.15) is 6.54 Å². The Morgan fingerprint density at radius 2 is 1.83 bits per heavy atom. The number of amides is 1. The van der Waals surface area contributed by atoms with Crippen molar-refractivity contribution in [1.29, 1.82) is 0 Å². The molecule has 1 aromatic heterocycles. The van der Waals surface area contributed by atoms with Crippen molar-refractivity contribution < 1.29 is 9.36 Å². The van der Waals surface area contributed by atoms with E-state index in [0.29, 0.717) is 12.5 Å². The monoisotopic (exact) mass is 247 g/mol. The number of carbonyl (C=O) groups excluding carboxylic acids is 1. The topological polar surface area (TPSA) is 33.0 Å². The van der Waals surface area contributed by atoms with Gasteiger partial charge in [-0.1, -0.05) is 18.9 Å². The van der Waals surface area contributed by atoms with Crippen LogP contribution in [0.5, 0.6) is 0 Å². The van der Waals surface area contributed by atoms with Crippen molar-refractivity contribution in [3.8, 4) is 0 Å². The van der Waals surface area contributed by atoms with Crippen molar-refractivity contribution >= 4 is 5.91 Å². The molecule has 0 aromatic carbocycles. The molecule has 3 nitrogen and oxygen atoms in total. The van der Waals surface area contributed by atoms with E-state index >= 15 is 0 Å². The van der Waals surface area contributed by atoms with Crippen molar-refractivity contribution in [3.05, 3.63) is 30.6 Å². The summed E-state index contributed by atoms with van der Waals surface area (Å²) in [6.07, 6.45) is 11.7. The van der Waals surface area contributed by atoms with E-state index in [2.05, 4.69) is 22.3 Å². The third kappa shape index (κ3) is 4.47. The Bertz CT molecular complexity index is 358. The third-order valence-electron chi connectivity index (χ3n) is 3.57. The molecule has 0 radical (unpaired) electrons. The van der Waals surface area contributed by atoms with Gasteiger partial charge in [0, 0.05) is 31.0 Å². The Balaban J connectivity index is 1.56. The highest BCUT2D eigenvalue weighted by molar-refractivity contribution is 5.76. The number of aromatic nitrogens is 1. The minimum Gasteiger partial charge on any atom is -0.353 e. The first-order valence-corrected chi connectivity index (χ1v) is 7.08. The van der Waals surface area contributed by atoms with Crippen molar-refractivity contribution in [2.24, 2.45) is 0 Å². The summed E-state index contributed by atoms with van der Waals surface area (Å²) in [4.78, 5) is 11.7. The van der Waals surface area contributed by atoms with Crippen LogP contribution in [0.4, 0.5) is 0 Å². The molecule has 0 aliphatic heterocycles. The molecule has 0 unspecified atom stereocenters. The lowest BCUT2D eigenvalue weighted by Crippen LogP contribution is -2.33. The molecular weight excluding hydrogens is 224 g/mol. The minimum atomic E-state index is 0.236. The number of hydrogen-bond acceptors (Lipinski definition) is 1. The molecule has 18 heavy (non-hydrogen) atoms. The van der Waals surface area contributed by atoms with Crippen LogP contribution in [0.25, 0.3) is 0 Å². The fourth-order valence-electron chi connectivity index (χ4n) is 2.53. The van der Waals surface area contributed by atoms with E-state index in [1.54, 1.807) is 0 Å². The highest BCUT2D eigenvalue weighted by Gasteiger charge is 2.16. The van der Waals surface area contributed by atoms with Crippen LogP contribution in [0.3, 0.4) is 0 Å². The van der Waals surface area contributed by atoms with Crippen molar-refractivity contribution in [2.45, 2.75) is 57.5 Å². The summed E-state index contributed by atoms with van der Waals surface area (Å²) in [7, 11) is 0. The van der Waals surface area contributed by atoms with Crippen LogP contribution in [0.1, 0.15) is 44.9 Å². The summed E-state index contributed by atoms with van der Waals surface area (Å²) in [6.45, 7) is 0.998. The molecule has 2 rings (SSSR count). The molecule has 0 atom stereocenters. The van der Waals surface area contributed by atoms with Crippen molar-refractivity contribution in [1.82, 2.24) is 5.32 Å². The molecule has 1 fully saturated rings. The van der Waals surface area contributed by atoms with E-state index in [9.17, 15) is 4.79 Å². The van der Waals surface area contributed by atoms with Gasteiger partial charge < -0.3 is 5.32 Å². The Kier molecular flexibility index (Phi) is 5.18. The lowest BCUT2D eigenvalue weighted by atomic mass is 10.2. The van der Waals surface area contributed by atoms with E-state index < -0.39 is 0 Å². The Hall–Kier alpha value is -1.38. The molecule has 0 bridgehead atoms. The van der Waals surface area contributed by atoms with E-state index in [0.717, 1.165) is 19.4 Å². The minimum absolute atomic E-state index is 0.236. The summed E-state index contributed by atoms with van der Waals surface area (Å²) in [5.74, 6) is 0.236. The highest BCUT2D eigenvalue weighted by atomic mass is 16.1. The molecule has 0 saturated heterocycles. The number of hydrogen-bond donors (Lipinski definition) is 1. The van der Waals surface area contributed by atoms with Crippen LogP contribution in [-0.4, -0.2) is 11.9 Å². The summed E-state index contributed by atoms with van der Waals surface area (Å²) in [5, 5.41) is 3.13. The molecule has 98 valence electrons. The Morgan fingerprint density at radius 1 is 1.11 bits per heavy atom. The number of nitrogens with one attached hydrogen (secondary N) is 1. The number of carbonyl (C=O) groups is 1. The zero-order valence-corrected chi connectivity index (χ0v) is 11.0. The smallest absolute Gasteiger partial charge is 0.220 e. The second-order valence-corrected chi connectivity index (χ2v) is 5.12. The van der Waals surface area contributed by atoms with Gasteiger partial charge in [0.2, 0.25) is 5.91 Å². The predicted octanol–water partition coefficient (Wildman–Crippen LogP) is 2.20. The van der Waals surface area contributed by atoms with Gasteiger partial charge >= 0.3 is 0 Å². The van der Waals surface area contributed by atoms with Crippen LogP contribution in [-0.2, 0) is 11.3 Å². The zero-order chi connectivity index (χ0) is 12.6. The van der Waals surface area contributed by atoms with Gasteiger partial charge in [0.25, 0.3) is 0 Å². The van der Waals surface area contributed by atoms with Gasteiger partial charge in [-0.15, -0.1) is 0 Å². The molecule has 1 saturated carbocycles. The van der Waals surface area contributed by atoms with Crippen molar-refractivity contribution in [3.63, 3.8) is 0 Å².